The van der Waals surface area contributed by atoms with Gasteiger partial charge in [0.2, 0.25) is 0 Å². The number of piperazine rings is 1. The third-order valence-electron chi connectivity index (χ3n) is 5.62. The van der Waals surface area contributed by atoms with Gasteiger partial charge in [0.1, 0.15) is 5.75 Å². The van der Waals surface area contributed by atoms with Crippen LogP contribution in [0.2, 0.25) is 0 Å². The van der Waals surface area contributed by atoms with Crippen LogP contribution in [0.15, 0.2) is 24.3 Å². The second kappa shape index (κ2) is 8.56. The molecule has 1 saturated heterocycles. The Morgan fingerprint density at radius 2 is 1.96 bits per heavy atom. The molecule has 25 heavy (non-hydrogen) atoms. The van der Waals surface area contributed by atoms with E-state index in [4.69, 9.17) is 4.74 Å². The SMILES string of the molecule is CCOc1ccccc1N1CC[NH+]([C@@H](C)C(=O)NC2CCCC2)CC1. The van der Waals surface area contributed by atoms with Gasteiger partial charge < -0.3 is 19.9 Å². The number of para-hydroxylation sites is 2. The van der Waals surface area contributed by atoms with Gasteiger partial charge in [0.05, 0.1) is 38.5 Å². The van der Waals surface area contributed by atoms with E-state index in [1.165, 1.54) is 23.4 Å². The highest BCUT2D eigenvalue weighted by atomic mass is 16.5. The second-order valence-electron chi connectivity index (χ2n) is 7.26. The number of carbonyl (C=O) groups is 1. The molecule has 1 aliphatic carbocycles. The third-order valence-corrected chi connectivity index (χ3v) is 5.62. The van der Waals surface area contributed by atoms with E-state index in [0.717, 1.165) is 44.8 Å². The van der Waals surface area contributed by atoms with Crippen molar-refractivity contribution in [1.29, 1.82) is 0 Å². The predicted molar refractivity (Wildman–Crippen MR) is 100 cm³/mol. The van der Waals surface area contributed by atoms with Gasteiger partial charge in [-0.3, -0.25) is 4.79 Å². The van der Waals surface area contributed by atoms with Gasteiger partial charge in [-0.2, -0.15) is 0 Å². The number of ether oxygens (including phenoxy) is 1. The molecule has 1 aliphatic heterocycles. The van der Waals surface area contributed by atoms with E-state index in [-0.39, 0.29) is 11.9 Å². The molecule has 0 bridgehead atoms. The first-order chi connectivity index (χ1) is 12.2. The van der Waals surface area contributed by atoms with Crippen molar-refractivity contribution in [2.75, 3.05) is 37.7 Å². The molecular weight excluding hydrogens is 314 g/mol. The minimum atomic E-state index is 0.0323. The normalized spacial score (nSPS) is 20.5. The van der Waals surface area contributed by atoms with Gasteiger partial charge in [-0.05, 0) is 38.8 Å². The van der Waals surface area contributed by atoms with E-state index in [2.05, 4.69) is 29.3 Å². The molecule has 5 nitrogen and oxygen atoms in total. The second-order valence-corrected chi connectivity index (χ2v) is 7.26. The molecule has 5 heteroatoms. The summed E-state index contributed by atoms with van der Waals surface area (Å²) in [6.45, 7) is 8.66. The van der Waals surface area contributed by atoms with Crippen molar-refractivity contribution >= 4 is 11.6 Å². The molecule has 138 valence electrons. The van der Waals surface area contributed by atoms with Crippen molar-refractivity contribution < 1.29 is 14.4 Å². The summed E-state index contributed by atoms with van der Waals surface area (Å²) >= 11 is 0. The van der Waals surface area contributed by atoms with Crippen LogP contribution in [-0.4, -0.2) is 50.8 Å². The molecule has 1 saturated carbocycles. The number of amides is 1. The van der Waals surface area contributed by atoms with E-state index in [1.807, 2.05) is 19.1 Å². The van der Waals surface area contributed by atoms with Crippen LogP contribution in [0.25, 0.3) is 0 Å². The number of nitrogens with one attached hydrogen (secondary N) is 2. The van der Waals surface area contributed by atoms with E-state index in [0.29, 0.717) is 12.6 Å². The fourth-order valence-electron chi connectivity index (χ4n) is 4.05. The maximum atomic E-state index is 12.5. The zero-order valence-corrected chi connectivity index (χ0v) is 15.6. The first-order valence-electron chi connectivity index (χ1n) is 9.80. The van der Waals surface area contributed by atoms with E-state index in [1.54, 1.807) is 0 Å². The summed E-state index contributed by atoms with van der Waals surface area (Å²) < 4.78 is 5.76. The fraction of sp³-hybridized carbons (Fsp3) is 0.650. The highest BCUT2D eigenvalue weighted by Gasteiger charge is 2.31. The Morgan fingerprint density at radius 1 is 1.28 bits per heavy atom. The summed E-state index contributed by atoms with van der Waals surface area (Å²) in [5.74, 6) is 1.19. The van der Waals surface area contributed by atoms with Crippen molar-refractivity contribution in [1.82, 2.24) is 5.32 Å². The predicted octanol–water partition coefficient (Wildman–Crippen LogP) is 1.24. The summed E-state index contributed by atoms with van der Waals surface area (Å²) in [7, 11) is 0. The monoisotopic (exact) mass is 346 g/mol. The molecule has 2 aliphatic rings. The zero-order chi connectivity index (χ0) is 17.6. The number of benzene rings is 1. The Labute approximate surface area is 151 Å². The lowest BCUT2D eigenvalue weighted by molar-refractivity contribution is -0.914. The summed E-state index contributed by atoms with van der Waals surface area (Å²) in [5.41, 5.74) is 1.17. The molecule has 3 rings (SSSR count). The topological polar surface area (TPSA) is 46.0 Å². The minimum Gasteiger partial charge on any atom is -0.492 e. The van der Waals surface area contributed by atoms with Crippen molar-refractivity contribution in [2.24, 2.45) is 0 Å². The number of quaternary nitrogens is 1. The number of hydrogen-bond donors (Lipinski definition) is 2. The van der Waals surface area contributed by atoms with E-state index in [9.17, 15) is 4.79 Å². The van der Waals surface area contributed by atoms with Crippen LogP contribution in [0.3, 0.4) is 0 Å². The number of hydrogen-bond acceptors (Lipinski definition) is 3. The molecule has 0 aromatic heterocycles. The average molecular weight is 346 g/mol. The highest BCUT2D eigenvalue weighted by Crippen LogP contribution is 2.27. The quantitative estimate of drug-likeness (QED) is 0.815. The largest absolute Gasteiger partial charge is 0.492 e. The summed E-state index contributed by atoms with van der Waals surface area (Å²) in [6.07, 6.45) is 4.81. The molecule has 0 spiro atoms. The lowest BCUT2D eigenvalue weighted by Crippen LogP contribution is -3.19. The van der Waals surface area contributed by atoms with Gasteiger partial charge in [0.15, 0.2) is 6.04 Å². The molecule has 1 aromatic rings. The summed E-state index contributed by atoms with van der Waals surface area (Å²) in [6, 6.07) is 8.70. The van der Waals surface area contributed by atoms with Gasteiger partial charge >= 0.3 is 0 Å². The molecule has 0 radical (unpaired) electrons. The first kappa shape index (κ1) is 18.1. The Balaban J connectivity index is 1.53. The molecule has 1 amide bonds. The van der Waals surface area contributed by atoms with Gasteiger partial charge in [-0.25, -0.2) is 0 Å². The van der Waals surface area contributed by atoms with Crippen LogP contribution >= 0.6 is 0 Å². The summed E-state index contributed by atoms with van der Waals surface area (Å²) in [4.78, 5) is 16.3. The van der Waals surface area contributed by atoms with E-state index < -0.39 is 0 Å². The number of rotatable bonds is 6. The number of carbonyl (C=O) groups excluding carboxylic acids is 1. The first-order valence-corrected chi connectivity index (χ1v) is 9.80. The summed E-state index contributed by atoms with van der Waals surface area (Å²) in [5, 5.41) is 3.25. The number of nitrogens with zero attached hydrogens (tertiary/aromatic N) is 1. The molecule has 1 atom stereocenters. The maximum absolute atomic E-state index is 12.5. The lowest BCUT2D eigenvalue weighted by atomic mass is 10.1. The van der Waals surface area contributed by atoms with Crippen LogP contribution < -0.4 is 19.9 Å². The Morgan fingerprint density at radius 3 is 2.64 bits per heavy atom. The fourth-order valence-corrected chi connectivity index (χ4v) is 4.05. The van der Waals surface area contributed by atoms with Gasteiger partial charge in [0, 0.05) is 6.04 Å². The molecule has 2 N–H and O–H groups in total. The number of anilines is 1. The van der Waals surface area contributed by atoms with Crippen LogP contribution in [-0.2, 0) is 4.79 Å². The molecule has 1 heterocycles. The molecule has 2 fully saturated rings. The van der Waals surface area contributed by atoms with Gasteiger partial charge in [-0.1, -0.05) is 25.0 Å². The van der Waals surface area contributed by atoms with Crippen molar-refractivity contribution in [3.63, 3.8) is 0 Å². The Kier molecular flexibility index (Phi) is 6.19. The van der Waals surface area contributed by atoms with Crippen molar-refractivity contribution in [3.8, 4) is 5.75 Å². The van der Waals surface area contributed by atoms with Crippen molar-refractivity contribution in [3.05, 3.63) is 24.3 Å². The van der Waals surface area contributed by atoms with Crippen molar-refractivity contribution in [2.45, 2.75) is 51.6 Å². The smallest absolute Gasteiger partial charge is 0.278 e. The van der Waals surface area contributed by atoms with Gasteiger partial charge in [-0.15, -0.1) is 0 Å². The average Bonchev–Trinajstić information content (AvgIpc) is 3.15. The third kappa shape index (κ3) is 4.46. The zero-order valence-electron chi connectivity index (χ0n) is 15.6. The Hall–Kier alpha value is -1.75. The molecule has 0 unspecified atom stereocenters. The maximum Gasteiger partial charge on any atom is 0.278 e. The van der Waals surface area contributed by atoms with Crippen LogP contribution in [0.4, 0.5) is 5.69 Å². The minimum absolute atomic E-state index is 0.0323. The lowest BCUT2D eigenvalue weighted by Gasteiger charge is -2.36. The van der Waals surface area contributed by atoms with Crippen LogP contribution in [0, 0.1) is 0 Å². The van der Waals surface area contributed by atoms with Gasteiger partial charge in [0.25, 0.3) is 5.91 Å². The molecular formula is C20H32N3O2+. The van der Waals surface area contributed by atoms with Crippen LogP contribution in [0.5, 0.6) is 5.75 Å². The highest BCUT2D eigenvalue weighted by molar-refractivity contribution is 5.80. The van der Waals surface area contributed by atoms with E-state index >= 15 is 0 Å². The Bertz CT molecular complexity index is 564. The standard InChI is InChI=1S/C20H31N3O2/c1-3-25-19-11-7-6-10-18(19)23-14-12-22(13-15-23)16(2)20(24)21-17-8-4-5-9-17/h6-7,10-11,16-17H,3-5,8-9,12-15H2,1-2H3,(H,21,24)/p+1/t16-/m0/s1. The molecule has 1 aromatic carbocycles. The van der Waals surface area contributed by atoms with Crippen LogP contribution in [0.1, 0.15) is 39.5 Å².